The molecule has 0 aliphatic heterocycles. The van der Waals surface area contributed by atoms with E-state index < -0.39 is 5.72 Å². The second-order valence-corrected chi connectivity index (χ2v) is 2.53. The molecule has 0 bridgehead atoms. The van der Waals surface area contributed by atoms with Crippen LogP contribution in [0.15, 0.2) is 24.0 Å². The molecule has 11 heavy (non-hydrogen) atoms. The molecule has 0 heterocycles. The predicted octanol–water partition coefficient (Wildman–Crippen LogP) is 0.778. The van der Waals surface area contributed by atoms with Crippen molar-refractivity contribution in [2.45, 2.75) is 12.1 Å². The molecular weight excluding hydrogens is 142 g/mol. The van der Waals surface area contributed by atoms with Gasteiger partial charge in [-0.15, -0.1) is 0 Å². The van der Waals surface area contributed by atoms with Crippen LogP contribution in [0.3, 0.4) is 0 Å². The lowest BCUT2D eigenvalue weighted by Crippen LogP contribution is -2.41. The molecule has 0 spiro atoms. The highest BCUT2D eigenvalue weighted by Gasteiger charge is 2.24. The fraction of sp³-hybridized carbons (Fsp3) is 0.500. The van der Waals surface area contributed by atoms with Crippen LogP contribution in [0, 0.1) is 0 Å². The first kappa shape index (κ1) is 8.30. The first-order chi connectivity index (χ1) is 5.20. The Bertz CT molecular complexity index is 198. The zero-order chi connectivity index (χ0) is 8.32. The van der Waals surface area contributed by atoms with Gasteiger partial charge < -0.3 is 9.47 Å². The average Bonchev–Trinajstić information content (AvgIpc) is 2.05. The molecular formula is C8H13NO2. The molecule has 0 aromatic heterocycles. The molecule has 0 aromatic carbocycles. The fourth-order valence-electron chi connectivity index (χ4n) is 0.989. The van der Waals surface area contributed by atoms with E-state index in [0.29, 0.717) is 6.42 Å². The maximum Gasteiger partial charge on any atom is 0.142 e. The van der Waals surface area contributed by atoms with Crippen molar-refractivity contribution in [3.05, 3.63) is 24.0 Å². The zero-order valence-electron chi connectivity index (χ0n) is 6.83. The summed E-state index contributed by atoms with van der Waals surface area (Å²) in [6.07, 6.45) is 6.13. The molecule has 3 heteroatoms. The summed E-state index contributed by atoms with van der Waals surface area (Å²) in [7, 11) is 3.21. The number of nitrogens with two attached hydrogens (primary N) is 1. The third-order valence-corrected chi connectivity index (χ3v) is 1.75. The van der Waals surface area contributed by atoms with Crippen molar-refractivity contribution >= 4 is 0 Å². The molecule has 1 atom stereocenters. The second kappa shape index (κ2) is 3.07. The van der Waals surface area contributed by atoms with Crippen molar-refractivity contribution in [2.24, 2.45) is 5.73 Å². The van der Waals surface area contributed by atoms with Crippen molar-refractivity contribution in [1.82, 2.24) is 0 Å². The Hall–Kier alpha value is -0.800. The quantitative estimate of drug-likeness (QED) is 0.599. The van der Waals surface area contributed by atoms with Crippen molar-refractivity contribution in [2.75, 3.05) is 14.2 Å². The molecule has 1 unspecified atom stereocenters. The first-order valence-corrected chi connectivity index (χ1v) is 3.46. The third kappa shape index (κ3) is 1.82. The third-order valence-electron chi connectivity index (χ3n) is 1.75. The Morgan fingerprint density at radius 1 is 1.55 bits per heavy atom. The molecule has 1 aliphatic rings. The van der Waals surface area contributed by atoms with E-state index in [1.165, 1.54) is 0 Å². The number of hydrogen-bond acceptors (Lipinski definition) is 3. The van der Waals surface area contributed by atoms with Gasteiger partial charge in [-0.1, -0.05) is 6.08 Å². The van der Waals surface area contributed by atoms with Gasteiger partial charge in [-0.2, -0.15) is 0 Å². The van der Waals surface area contributed by atoms with Crippen LogP contribution in [0.4, 0.5) is 0 Å². The SMILES string of the molecule is COC1=CC=CC(N)(OC)C1. The number of ether oxygens (including phenoxy) is 2. The zero-order valence-corrected chi connectivity index (χ0v) is 6.83. The van der Waals surface area contributed by atoms with Gasteiger partial charge in [0, 0.05) is 7.11 Å². The molecule has 0 saturated carbocycles. The van der Waals surface area contributed by atoms with Gasteiger partial charge in [0.25, 0.3) is 0 Å². The maximum absolute atomic E-state index is 5.79. The van der Waals surface area contributed by atoms with Gasteiger partial charge in [-0.05, 0) is 12.2 Å². The van der Waals surface area contributed by atoms with Crippen LogP contribution in [0.2, 0.25) is 0 Å². The van der Waals surface area contributed by atoms with Crippen molar-refractivity contribution in [3.8, 4) is 0 Å². The van der Waals surface area contributed by atoms with Gasteiger partial charge in [-0.3, -0.25) is 5.73 Å². The van der Waals surface area contributed by atoms with E-state index in [0.717, 1.165) is 5.76 Å². The van der Waals surface area contributed by atoms with Crippen LogP contribution in [-0.2, 0) is 9.47 Å². The molecule has 0 aromatic rings. The highest BCUT2D eigenvalue weighted by molar-refractivity contribution is 5.20. The van der Waals surface area contributed by atoms with Crippen molar-refractivity contribution in [1.29, 1.82) is 0 Å². The van der Waals surface area contributed by atoms with Crippen LogP contribution in [-0.4, -0.2) is 19.9 Å². The smallest absolute Gasteiger partial charge is 0.142 e. The lowest BCUT2D eigenvalue weighted by atomic mass is 10.0. The Morgan fingerprint density at radius 3 is 2.82 bits per heavy atom. The summed E-state index contributed by atoms with van der Waals surface area (Å²) in [4.78, 5) is 0. The van der Waals surface area contributed by atoms with E-state index in [4.69, 9.17) is 15.2 Å². The fourth-order valence-corrected chi connectivity index (χ4v) is 0.989. The molecule has 62 valence electrons. The van der Waals surface area contributed by atoms with E-state index in [1.807, 2.05) is 18.2 Å². The number of allylic oxidation sites excluding steroid dienone is 2. The lowest BCUT2D eigenvalue weighted by molar-refractivity contribution is 0.0252. The normalized spacial score (nSPS) is 29.9. The topological polar surface area (TPSA) is 44.5 Å². The Balaban J connectivity index is 2.68. The minimum absolute atomic E-state index is 0.594. The van der Waals surface area contributed by atoms with E-state index in [9.17, 15) is 0 Å². The summed E-state index contributed by atoms with van der Waals surface area (Å²) in [6.45, 7) is 0. The molecule has 1 aliphatic carbocycles. The van der Waals surface area contributed by atoms with E-state index in [1.54, 1.807) is 14.2 Å². The van der Waals surface area contributed by atoms with Gasteiger partial charge >= 0.3 is 0 Å². The number of rotatable bonds is 2. The molecule has 2 N–H and O–H groups in total. The Labute approximate surface area is 66.5 Å². The Morgan fingerprint density at radius 2 is 2.27 bits per heavy atom. The summed E-state index contributed by atoms with van der Waals surface area (Å²) in [5.41, 5.74) is 5.11. The standard InChI is InChI=1S/C8H13NO2/c1-10-7-4-3-5-8(9,6-7)11-2/h3-5H,6,9H2,1-2H3. The van der Waals surface area contributed by atoms with Crippen LogP contribution < -0.4 is 5.73 Å². The van der Waals surface area contributed by atoms with Crippen LogP contribution >= 0.6 is 0 Å². The molecule has 0 fully saturated rings. The van der Waals surface area contributed by atoms with Gasteiger partial charge in [0.15, 0.2) is 0 Å². The van der Waals surface area contributed by atoms with Crippen LogP contribution in [0.5, 0.6) is 0 Å². The molecule has 1 rings (SSSR count). The largest absolute Gasteiger partial charge is 0.501 e. The Kier molecular flexibility index (Phi) is 2.31. The summed E-state index contributed by atoms with van der Waals surface area (Å²) >= 11 is 0. The van der Waals surface area contributed by atoms with Gasteiger partial charge in [0.2, 0.25) is 0 Å². The number of hydrogen-bond donors (Lipinski definition) is 1. The van der Waals surface area contributed by atoms with E-state index >= 15 is 0 Å². The summed E-state index contributed by atoms with van der Waals surface area (Å²) < 4.78 is 10.1. The van der Waals surface area contributed by atoms with Crippen LogP contribution in [0.25, 0.3) is 0 Å². The highest BCUT2D eigenvalue weighted by atomic mass is 16.5. The predicted molar refractivity (Wildman–Crippen MR) is 42.8 cm³/mol. The molecule has 0 amide bonds. The maximum atomic E-state index is 5.79. The van der Waals surface area contributed by atoms with Gasteiger partial charge in [-0.25, -0.2) is 0 Å². The first-order valence-electron chi connectivity index (χ1n) is 3.46. The summed E-state index contributed by atoms with van der Waals surface area (Å²) in [5.74, 6) is 0.844. The van der Waals surface area contributed by atoms with Crippen LogP contribution in [0.1, 0.15) is 6.42 Å². The number of methoxy groups -OCH3 is 2. The molecule has 0 radical (unpaired) electrons. The highest BCUT2D eigenvalue weighted by Crippen LogP contribution is 2.21. The van der Waals surface area contributed by atoms with E-state index in [2.05, 4.69) is 0 Å². The monoisotopic (exact) mass is 155 g/mol. The average molecular weight is 155 g/mol. The lowest BCUT2D eigenvalue weighted by Gasteiger charge is -2.26. The van der Waals surface area contributed by atoms with Gasteiger partial charge in [0.1, 0.15) is 11.5 Å². The van der Waals surface area contributed by atoms with E-state index in [-0.39, 0.29) is 0 Å². The van der Waals surface area contributed by atoms with Crippen molar-refractivity contribution < 1.29 is 9.47 Å². The molecule has 3 nitrogen and oxygen atoms in total. The second-order valence-electron chi connectivity index (χ2n) is 2.53. The van der Waals surface area contributed by atoms with Gasteiger partial charge in [0.05, 0.1) is 13.5 Å². The van der Waals surface area contributed by atoms with Crippen molar-refractivity contribution in [3.63, 3.8) is 0 Å². The summed E-state index contributed by atoms with van der Waals surface area (Å²) in [5, 5.41) is 0. The minimum atomic E-state index is -0.680. The minimum Gasteiger partial charge on any atom is -0.501 e. The summed E-state index contributed by atoms with van der Waals surface area (Å²) in [6, 6.07) is 0. The molecule has 0 saturated heterocycles.